The molecule has 4 nitrogen and oxygen atoms in total. The third-order valence-corrected chi connectivity index (χ3v) is 4.03. The van der Waals surface area contributed by atoms with Crippen molar-refractivity contribution in [3.05, 3.63) is 40.3 Å². The Balaban J connectivity index is 1.69. The van der Waals surface area contributed by atoms with Gasteiger partial charge in [-0.1, -0.05) is 26.0 Å². The highest BCUT2D eigenvalue weighted by molar-refractivity contribution is 7.09. The molecule has 2 aromatic rings. The van der Waals surface area contributed by atoms with E-state index in [0.717, 1.165) is 28.7 Å². The minimum Gasteiger partial charge on any atom is -0.485 e. The molecule has 0 saturated carbocycles. The second-order valence-corrected chi connectivity index (χ2v) is 5.97. The van der Waals surface area contributed by atoms with Gasteiger partial charge in [0.2, 0.25) is 0 Å². The maximum absolute atomic E-state index is 5.96. The third kappa shape index (κ3) is 2.94. The van der Waals surface area contributed by atoms with E-state index in [1.54, 1.807) is 11.3 Å². The summed E-state index contributed by atoms with van der Waals surface area (Å²) in [6, 6.07) is 8.20. The summed E-state index contributed by atoms with van der Waals surface area (Å²) in [7, 11) is 0. The molecule has 0 aliphatic carbocycles. The quantitative estimate of drug-likeness (QED) is 0.939. The Hall–Kier alpha value is -1.59. The molecule has 0 radical (unpaired) electrons. The van der Waals surface area contributed by atoms with Crippen LogP contribution in [0.25, 0.3) is 0 Å². The van der Waals surface area contributed by atoms with Crippen LogP contribution in [-0.2, 0) is 6.54 Å². The number of para-hydroxylation sites is 2. The van der Waals surface area contributed by atoms with E-state index in [2.05, 4.69) is 29.5 Å². The fraction of sp³-hybridized carbons (Fsp3) is 0.400. The number of fused-ring (bicyclic) bond motifs is 1. The number of ether oxygens (including phenoxy) is 2. The van der Waals surface area contributed by atoms with Crippen LogP contribution in [0.15, 0.2) is 29.6 Å². The molecule has 1 aromatic carbocycles. The van der Waals surface area contributed by atoms with E-state index in [-0.39, 0.29) is 6.10 Å². The highest BCUT2D eigenvalue weighted by Gasteiger charge is 2.24. The van der Waals surface area contributed by atoms with Gasteiger partial charge in [-0.05, 0) is 12.1 Å². The van der Waals surface area contributed by atoms with E-state index in [4.69, 9.17) is 9.47 Å². The summed E-state index contributed by atoms with van der Waals surface area (Å²) < 4.78 is 11.7. The lowest BCUT2D eigenvalue weighted by atomic mass is 10.2. The minimum absolute atomic E-state index is 0.109. The fourth-order valence-corrected chi connectivity index (χ4v) is 2.83. The van der Waals surface area contributed by atoms with Crippen LogP contribution in [0.2, 0.25) is 0 Å². The van der Waals surface area contributed by atoms with Crippen molar-refractivity contribution in [3.8, 4) is 11.5 Å². The predicted octanol–water partition coefficient (Wildman–Crippen LogP) is 3.15. The van der Waals surface area contributed by atoms with Crippen molar-refractivity contribution in [2.24, 2.45) is 0 Å². The van der Waals surface area contributed by atoms with Gasteiger partial charge in [-0.25, -0.2) is 4.98 Å². The van der Waals surface area contributed by atoms with Crippen molar-refractivity contribution >= 4 is 11.3 Å². The Kier molecular flexibility index (Phi) is 3.89. The van der Waals surface area contributed by atoms with Crippen molar-refractivity contribution in [2.75, 3.05) is 6.61 Å². The maximum Gasteiger partial charge on any atom is 0.184 e. The van der Waals surface area contributed by atoms with Crippen LogP contribution in [0.3, 0.4) is 0 Å². The fourth-order valence-electron chi connectivity index (χ4n) is 2.00. The van der Waals surface area contributed by atoms with E-state index in [1.807, 2.05) is 24.3 Å². The van der Waals surface area contributed by atoms with Crippen molar-refractivity contribution < 1.29 is 9.47 Å². The summed E-state index contributed by atoms with van der Waals surface area (Å²) in [6.45, 7) is 5.56. The van der Waals surface area contributed by atoms with Gasteiger partial charge < -0.3 is 14.8 Å². The van der Waals surface area contributed by atoms with Gasteiger partial charge >= 0.3 is 0 Å². The van der Waals surface area contributed by atoms with Gasteiger partial charge in [0.1, 0.15) is 11.6 Å². The zero-order valence-electron chi connectivity index (χ0n) is 11.6. The van der Waals surface area contributed by atoms with Crippen LogP contribution in [0, 0.1) is 0 Å². The van der Waals surface area contributed by atoms with Gasteiger partial charge in [0.05, 0.1) is 5.69 Å². The van der Waals surface area contributed by atoms with Gasteiger partial charge in [0.25, 0.3) is 0 Å². The highest BCUT2D eigenvalue weighted by Crippen LogP contribution is 2.36. The average Bonchev–Trinajstić information content (AvgIpc) is 2.93. The number of rotatable bonds is 4. The summed E-state index contributed by atoms with van der Waals surface area (Å²) in [4.78, 5) is 4.63. The van der Waals surface area contributed by atoms with Crippen LogP contribution in [0.5, 0.6) is 11.5 Å². The molecule has 1 atom stereocenters. The van der Waals surface area contributed by atoms with Crippen molar-refractivity contribution in [2.45, 2.75) is 32.5 Å². The SMILES string of the molecule is CC(C)NCc1csc(C2COc3ccccc3O2)n1. The molecule has 1 unspecified atom stereocenters. The Morgan fingerprint density at radius 1 is 1.35 bits per heavy atom. The van der Waals surface area contributed by atoms with Crippen LogP contribution < -0.4 is 14.8 Å². The molecule has 2 heterocycles. The van der Waals surface area contributed by atoms with E-state index in [1.165, 1.54) is 0 Å². The Bertz CT molecular complexity index is 583. The number of hydrogen-bond donors (Lipinski definition) is 1. The van der Waals surface area contributed by atoms with E-state index in [9.17, 15) is 0 Å². The Morgan fingerprint density at radius 2 is 2.15 bits per heavy atom. The molecule has 0 spiro atoms. The van der Waals surface area contributed by atoms with Crippen LogP contribution >= 0.6 is 11.3 Å². The molecule has 1 N–H and O–H groups in total. The second kappa shape index (κ2) is 5.81. The lowest BCUT2D eigenvalue weighted by molar-refractivity contribution is 0.0910. The number of nitrogens with one attached hydrogen (secondary N) is 1. The molecule has 20 heavy (non-hydrogen) atoms. The van der Waals surface area contributed by atoms with Crippen molar-refractivity contribution in [1.82, 2.24) is 10.3 Å². The number of nitrogens with zero attached hydrogens (tertiary/aromatic N) is 1. The third-order valence-electron chi connectivity index (χ3n) is 3.04. The van der Waals surface area contributed by atoms with Gasteiger partial charge in [0.15, 0.2) is 17.6 Å². The lowest BCUT2D eigenvalue weighted by Gasteiger charge is -2.24. The first-order valence-corrected chi connectivity index (χ1v) is 7.66. The number of aromatic nitrogens is 1. The molecule has 3 rings (SSSR count). The Morgan fingerprint density at radius 3 is 2.95 bits per heavy atom. The first-order chi connectivity index (χ1) is 9.72. The molecule has 106 valence electrons. The molecular weight excluding hydrogens is 272 g/mol. The Labute approximate surface area is 122 Å². The van der Waals surface area contributed by atoms with Gasteiger partial charge in [-0.3, -0.25) is 0 Å². The molecule has 5 heteroatoms. The predicted molar refractivity (Wildman–Crippen MR) is 79.4 cm³/mol. The molecule has 0 fully saturated rings. The topological polar surface area (TPSA) is 43.4 Å². The minimum atomic E-state index is -0.109. The largest absolute Gasteiger partial charge is 0.485 e. The summed E-state index contributed by atoms with van der Waals surface area (Å²) in [5.74, 6) is 1.60. The maximum atomic E-state index is 5.96. The highest BCUT2D eigenvalue weighted by atomic mass is 32.1. The van der Waals surface area contributed by atoms with Gasteiger partial charge in [-0.2, -0.15) is 0 Å². The summed E-state index contributed by atoms with van der Waals surface area (Å²) in [5, 5.41) is 6.42. The van der Waals surface area contributed by atoms with Crippen LogP contribution in [-0.4, -0.2) is 17.6 Å². The first kappa shape index (κ1) is 13.4. The number of hydrogen-bond acceptors (Lipinski definition) is 5. The monoisotopic (exact) mass is 290 g/mol. The molecule has 1 aliphatic rings. The van der Waals surface area contributed by atoms with Crippen molar-refractivity contribution in [3.63, 3.8) is 0 Å². The zero-order valence-corrected chi connectivity index (χ0v) is 12.4. The van der Waals surface area contributed by atoms with Gasteiger partial charge in [0, 0.05) is 18.0 Å². The first-order valence-electron chi connectivity index (χ1n) is 6.78. The van der Waals surface area contributed by atoms with Crippen molar-refractivity contribution in [1.29, 1.82) is 0 Å². The second-order valence-electron chi connectivity index (χ2n) is 5.08. The number of benzene rings is 1. The van der Waals surface area contributed by atoms with Gasteiger partial charge in [-0.15, -0.1) is 11.3 Å². The lowest BCUT2D eigenvalue weighted by Crippen LogP contribution is -2.23. The molecule has 0 bridgehead atoms. The van der Waals surface area contributed by atoms with E-state index in [0.29, 0.717) is 12.6 Å². The summed E-state index contributed by atoms with van der Waals surface area (Å²) in [6.07, 6.45) is -0.109. The van der Waals surface area contributed by atoms with Crippen LogP contribution in [0.4, 0.5) is 0 Å². The standard InChI is InChI=1S/C15H18N2O2S/c1-10(2)16-7-11-9-20-15(17-11)14-8-18-12-5-3-4-6-13(12)19-14/h3-6,9-10,14,16H,7-8H2,1-2H3. The molecule has 1 aromatic heterocycles. The van der Waals surface area contributed by atoms with Crippen LogP contribution in [0.1, 0.15) is 30.7 Å². The number of thiazole rings is 1. The molecule has 0 saturated heterocycles. The normalized spacial score (nSPS) is 17.4. The summed E-state index contributed by atoms with van der Waals surface area (Å²) in [5.41, 5.74) is 1.06. The van der Waals surface area contributed by atoms with E-state index >= 15 is 0 Å². The molecule has 0 amide bonds. The smallest absolute Gasteiger partial charge is 0.184 e. The molecule has 1 aliphatic heterocycles. The average molecular weight is 290 g/mol. The van der Waals surface area contributed by atoms with E-state index < -0.39 is 0 Å². The summed E-state index contributed by atoms with van der Waals surface area (Å²) >= 11 is 1.63. The zero-order chi connectivity index (χ0) is 13.9. The molecular formula is C15H18N2O2S.